The third-order valence-corrected chi connectivity index (χ3v) is 1.64. The van der Waals surface area contributed by atoms with Gasteiger partial charge in [-0.25, -0.2) is 9.97 Å². The maximum Gasteiger partial charge on any atom is 0.322 e. The molecule has 1 heterocycles. The summed E-state index contributed by atoms with van der Waals surface area (Å²) < 4.78 is 0. The Morgan fingerprint density at radius 3 is 2.86 bits per heavy atom. The predicted molar refractivity (Wildman–Crippen MR) is 52.3 cm³/mol. The zero-order valence-corrected chi connectivity index (χ0v) is 8.24. The maximum absolute atomic E-state index is 10.3. The van der Waals surface area contributed by atoms with Gasteiger partial charge in [0, 0.05) is 18.2 Å². The van der Waals surface area contributed by atoms with Crippen molar-refractivity contribution in [2.45, 2.75) is 20.3 Å². The van der Waals surface area contributed by atoms with E-state index in [1.54, 1.807) is 6.07 Å². The number of aromatic nitrogens is 2. The second-order valence-corrected chi connectivity index (χ2v) is 2.91. The number of hydrogen-bond acceptors (Lipinski definition) is 4. The van der Waals surface area contributed by atoms with E-state index in [1.165, 1.54) is 0 Å². The van der Waals surface area contributed by atoms with E-state index in [0.717, 1.165) is 17.9 Å². The fourth-order valence-electron chi connectivity index (χ4n) is 1.04. The van der Waals surface area contributed by atoms with E-state index < -0.39 is 5.97 Å². The van der Waals surface area contributed by atoms with Crippen LogP contribution in [-0.4, -0.2) is 27.6 Å². The van der Waals surface area contributed by atoms with Gasteiger partial charge in [-0.1, -0.05) is 6.92 Å². The van der Waals surface area contributed by atoms with Gasteiger partial charge in [0.15, 0.2) is 0 Å². The van der Waals surface area contributed by atoms with E-state index in [9.17, 15) is 4.79 Å². The molecule has 0 fully saturated rings. The summed E-state index contributed by atoms with van der Waals surface area (Å²) in [5, 5.41) is 11.2. The Labute approximate surface area is 82.2 Å². The van der Waals surface area contributed by atoms with E-state index in [0.29, 0.717) is 5.82 Å². The standard InChI is InChI=1S/C9H13N3O2/c1-3-7-11-6(2)4-8(12-7)10-5-9(13)14/h4H,3,5H2,1-2H3,(H,13,14)(H,10,11,12). The van der Waals surface area contributed by atoms with E-state index in [1.807, 2.05) is 13.8 Å². The molecule has 1 rings (SSSR count). The van der Waals surface area contributed by atoms with E-state index in [4.69, 9.17) is 5.11 Å². The van der Waals surface area contributed by atoms with Crippen LogP contribution < -0.4 is 5.32 Å². The average Bonchev–Trinajstić information content (AvgIpc) is 2.14. The highest BCUT2D eigenvalue weighted by molar-refractivity contribution is 5.72. The summed E-state index contributed by atoms with van der Waals surface area (Å²) in [6, 6.07) is 1.72. The molecule has 0 unspecified atom stereocenters. The Morgan fingerprint density at radius 2 is 2.29 bits per heavy atom. The van der Waals surface area contributed by atoms with Crippen molar-refractivity contribution >= 4 is 11.8 Å². The number of rotatable bonds is 4. The lowest BCUT2D eigenvalue weighted by Crippen LogP contribution is -2.14. The molecule has 0 amide bonds. The van der Waals surface area contributed by atoms with Crippen LogP contribution in [-0.2, 0) is 11.2 Å². The molecule has 1 aromatic rings. The van der Waals surface area contributed by atoms with Crippen molar-refractivity contribution in [1.82, 2.24) is 9.97 Å². The van der Waals surface area contributed by atoms with Gasteiger partial charge in [0.05, 0.1) is 0 Å². The van der Waals surface area contributed by atoms with Crippen molar-refractivity contribution < 1.29 is 9.90 Å². The van der Waals surface area contributed by atoms with Crippen molar-refractivity contribution in [2.24, 2.45) is 0 Å². The minimum absolute atomic E-state index is 0.125. The number of aryl methyl sites for hydroxylation is 2. The van der Waals surface area contributed by atoms with Crippen LogP contribution in [0.25, 0.3) is 0 Å². The number of nitrogens with zero attached hydrogens (tertiary/aromatic N) is 2. The van der Waals surface area contributed by atoms with Crippen LogP contribution >= 0.6 is 0 Å². The molecule has 0 saturated carbocycles. The first-order chi connectivity index (χ1) is 6.61. The lowest BCUT2D eigenvalue weighted by Gasteiger charge is -2.05. The molecule has 2 N–H and O–H groups in total. The first-order valence-corrected chi connectivity index (χ1v) is 4.42. The Hall–Kier alpha value is -1.65. The number of carbonyl (C=O) groups is 1. The number of anilines is 1. The highest BCUT2D eigenvalue weighted by Crippen LogP contribution is 2.05. The van der Waals surface area contributed by atoms with Crippen molar-refractivity contribution in [2.75, 3.05) is 11.9 Å². The quantitative estimate of drug-likeness (QED) is 0.744. The third kappa shape index (κ3) is 3.01. The van der Waals surface area contributed by atoms with Gasteiger partial charge in [-0.15, -0.1) is 0 Å². The molecule has 0 spiro atoms. The topological polar surface area (TPSA) is 75.1 Å². The fraction of sp³-hybridized carbons (Fsp3) is 0.444. The van der Waals surface area contributed by atoms with Gasteiger partial charge in [-0.3, -0.25) is 4.79 Å². The molecular formula is C9H13N3O2. The Bertz CT molecular complexity index is 339. The lowest BCUT2D eigenvalue weighted by atomic mass is 10.3. The zero-order chi connectivity index (χ0) is 10.6. The van der Waals surface area contributed by atoms with Gasteiger partial charge in [-0.05, 0) is 6.92 Å². The second-order valence-electron chi connectivity index (χ2n) is 2.91. The van der Waals surface area contributed by atoms with Gasteiger partial charge >= 0.3 is 5.97 Å². The highest BCUT2D eigenvalue weighted by atomic mass is 16.4. The van der Waals surface area contributed by atoms with Gasteiger partial charge in [0.2, 0.25) is 0 Å². The van der Waals surface area contributed by atoms with E-state index >= 15 is 0 Å². The maximum atomic E-state index is 10.3. The minimum atomic E-state index is -0.903. The van der Waals surface area contributed by atoms with Crippen molar-refractivity contribution in [3.63, 3.8) is 0 Å². The normalized spacial score (nSPS) is 9.86. The monoisotopic (exact) mass is 195 g/mol. The molecular weight excluding hydrogens is 182 g/mol. The molecule has 0 atom stereocenters. The molecule has 0 radical (unpaired) electrons. The molecule has 5 heteroatoms. The van der Waals surface area contributed by atoms with Gasteiger partial charge in [0.1, 0.15) is 18.2 Å². The fourth-order valence-corrected chi connectivity index (χ4v) is 1.04. The number of carboxylic acid groups (broad SMARTS) is 1. The summed E-state index contributed by atoms with van der Waals surface area (Å²) in [7, 11) is 0. The van der Waals surface area contributed by atoms with E-state index in [2.05, 4.69) is 15.3 Å². The summed E-state index contributed by atoms with van der Waals surface area (Å²) in [6.45, 7) is 3.68. The van der Waals surface area contributed by atoms with Crippen LogP contribution in [0.1, 0.15) is 18.4 Å². The molecule has 76 valence electrons. The molecule has 14 heavy (non-hydrogen) atoms. The van der Waals surface area contributed by atoms with Crippen LogP contribution in [0.3, 0.4) is 0 Å². The number of aliphatic carboxylic acids is 1. The van der Waals surface area contributed by atoms with Crippen molar-refractivity contribution in [3.05, 3.63) is 17.6 Å². The summed E-state index contributed by atoms with van der Waals surface area (Å²) in [5.74, 6) is 0.383. The van der Waals surface area contributed by atoms with Crippen LogP contribution in [0.5, 0.6) is 0 Å². The first-order valence-electron chi connectivity index (χ1n) is 4.42. The second kappa shape index (κ2) is 4.55. The highest BCUT2D eigenvalue weighted by Gasteiger charge is 2.01. The Balaban J connectivity index is 2.76. The lowest BCUT2D eigenvalue weighted by molar-refractivity contribution is -0.134. The number of hydrogen-bond donors (Lipinski definition) is 2. The molecule has 5 nitrogen and oxygen atoms in total. The molecule has 0 aliphatic carbocycles. The minimum Gasteiger partial charge on any atom is -0.480 e. The number of carboxylic acids is 1. The van der Waals surface area contributed by atoms with Crippen LogP contribution in [0.15, 0.2) is 6.07 Å². The van der Waals surface area contributed by atoms with Crippen molar-refractivity contribution in [3.8, 4) is 0 Å². The smallest absolute Gasteiger partial charge is 0.322 e. The van der Waals surface area contributed by atoms with Crippen LogP contribution in [0, 0.1) is 6.92 Å². The van der Waals surface area contributed by atoms with Gasteiger partial charge in [0.25, 0.3) is 0 Å². The van der Waals surface area contributed by atoms with Crippen molar-refractivity contribution in [1.29, 1.82) is 0 Å². The summed E-state index contributed by atoms with van der Waals surface area (Å²) in [5.41, 5.74) is 0.838. The first kappa shape index (κ1) is 10.4. The zero-order valence-electron chi connectivity index (χ0n) is 8.24. The Kier molecular flexibility index (Phi) is 3.39. The summed E-state index contributed by atoms with van der Waals surface area (Å²) in [4.78, 5) is 18.6. The third-order valence-electron chi connectivity index (χ3n) is 1.64. The largest absolute Gasteiger partial charge is 0.480 e. The van der Waals surface area contributed by atoms with E-state index in [-0.39, 0.29) is 6.54 Å². The summed E-state index contributed by atoms with van der Waals surface area (Å²) >= 11 is 0. The molecule has 1 aromatic heterocycles. The van der Waals surface area contributed by atoms with Gasteiger partial charge in [-0.2, -0.15) is 0 Å². The molecule has 0 aliphatic heterocycles. The number of nitrogens with one attached hydrogen (secondary N) is 1. The molecule has 0 saturated heterocycles. The molecule has 0 aliphatic rings. The molecule has 0 aromatic carbocycles. The Morgan fingerprint density at radius 1 is 1.57 bits per heavy atom. The SMILES string of the molecule is CCc1nc(C)cc(NCC(=O)O)n1. The van der Waals surface area contributed by atoms with Gasteiger partial charge < -0.3 is 10.4 Å². The van der Waals surface area contributed by atoms with Crippen LogP contribution in [0.2, 0.25) is 0 Å². The summed E-state index contributed by atoms with van der Waals surface area (Å²) in [6.07, 6.45) is 0.740. The molecule has 0 bridgehead atoms. The van der Waals surface area contributed by atoms with Crippen LogP contribution in [0.4, 0.5) is 5.82 Å². The average molecular weight is 195 g/mol. The predicted octanol–water partition coefficient (Wildman–Crippen LogP) is 0.844.